The zero-order chi connectivity index (χ0) is 17.6. The Kier molecular flexibility index (Phi) is 3.77. The number of fused-ring (bicyclic) bond motifs is 1. The molecule has 4 nitrogen and oxygen atoms in total. The Morgan fingerprint density at radius 1 is 1.12 bits per heavy atom. The Hall–Kier alpha value is -2.73. The summed E-state index contributed by atoms with van der Waals surface area (Å²) >= 11 is 0. The molecular weight excluding hydrogens is 339 g/mol. The zero-order valence-corrected chi connectivity index (χ0v) is 14.1. The third-order valence-electron chi connectivity index (χ3n) is 4.35. The predicted octanol–water partition coefficient (Wildman–Crippen LogP) is 3.82. The summed E-state index contributed by atoms with van der Waals surface area (Å²) in [6.07, 6.45) is 1.90. The lowest BCUT2D eigenvalue weighted by molar-refractivity contribution is -0.119. The van der Waals surface area contributed by atoms with Gasteiger partial charge in [-0.05, 0) is 23.8 Å². The van der Waals surface area contributed by atoms with Crippen molar-refractivity contribution in [3.63, 3.8) is 0 Å². The molecule has 2 amide bonds. The highest BCUT2D eigenvalue weighted by Crippen LogP contribution is 2.42. The van der Waals surface area contributed by atoms with Gasteiger partial charge in [0.2, 0.25) is 5.91 Å². The Balaban J connectivity index is 1.81. The molecule has 126 valence electrons. The fourth-order valence-corrected chi connectivity index (χ4v) is 4.42. The van der Waals surface area contributed by atoms with Crippen LogP contribution in [0.5, 0.6) is 0 Å². The second-order valence-electron chi connectivity index (χ2n) is 5.94. The van der Waals surface area contributed by atoms with E-state index in [2.05, 4.69) is 11.2 Å². The van der Waals surface area contributed by atoms with Gasteiger partial charge in [0.05, 0.1) is 0 Å². The SMILES string of the molecule is C=S1C(=O)NC(=O)C1c1cn(Cc2ccc(F)cc2)c2ccccc12. The van der Waals surface area contributed by atoms with E-state index in [1.54, 1.807) is 12.1 Å². The topological polar surface area (TPSA) is 51.1 Å². The van der Waals surface area contributed by atoms with Gasteiger partial charge in [-0.1, -0.05) is 46.7 Å². The number of para-hydroxylation sites is 1. The molecular formula is C19H15FN2O2S. The molecule has 0 radical (unpaired) electrons. The summed E-state index contributed by atoms with van der Waals surface area (Å²) in [5.41, 5.74) is 2.72. The number of rotatable bonds is 3. The summed E-state index contributed by atoms with van der Waals surface area (Å²) in [7, 11) is -0.941. The van der Waals surface area contributed by atoms with E-state index in [-0.39, 0.29) is 17.0 Å². The highest BCUT2D eigenvalue weighted by Gasteiger charge is 2.36. The highest BCUT2D eigenvalue weighted by molar-refractivity contribution is 8.28. The van der Waals surface area contributed by atoms with E-state index in [1.165, 1.54) is 12.1 Å². The number of hydrogen-bond donors (Lipinski definition) is 1. The molecule has 6 heteroatoms. The Bertz CT molecular complexity index is 1020. The van der Waals surface area contributed by atoms with Gasteiger partial charge in [-0.3, -0.25) is 14.9 Å². The molecule has 2 unspecified atom stereocenters. The molecule has 1 saturated heterocycles. The first kappa shape index (κ1) is 15.8. The molecule has 25 heavy (non-hydrogen) atoms. The maximum Gasteiger partial charge on any atom is 0.280 e. The van der Waals surface area contributed by atoms with Gasteiger partial charge >= 0.3 is 0 Å². The fourth-order valence-electron chi connectivity index (χ4n) is 3.16. The number of amides is 2. The molecule has 4 rings (SSSR count). The van der Waals surface area contributed by atoms with Crippen LogP contribution in [0.15, 0.2) is 54.7 Å². The smallest absolute Gasteiger partial charge is 0.280 e. The first-order valence-electron chi connectivity index (χ1n) is 7.74. The van der Waals surface area contributed by atoms with Crippen LogP contribution in [-0.2, 0) is 11.3 Å². The van der Waals surface area contributed by atoms with Gasteiger partial charge in [0.15, 0.2) is 0 Å². The van der Waals surface area contributed by atoms with E-state index in [1.807, 2.05) is 35.0 Å². The van der Waals surface area contributed by atoms with Gasteiger partial charge < -0.3 is 4.57 Å². The average Bonchev–Trinajstić information content (AvgIpc) is 3.07. The normalized spacial score (nSPS) is 20.2. The van der Waals surface area contributed by atoms with Gasteiger partial charge in [0.25, 0.3) is 5.24 Å². The number of imide groups is 1. The number of halogens is 1. The van der Waals surface area contributed by atoms with Crippen LogP contribution >= 0.6 is 10.5 Å². The van der Waals surface area contributed by atoms with Gasteiger partial charge in [-0.2, -0.15) is 0 Å². The number of carbonyl (C=O) groups excluding carboxylic acids is 2. The van der Waals surface area contributed by atoms with Crippen LogP contribution in [0.25, 0.3) is 10.9 Å². The third-order valence-corrected chi connectivity index (χ3v) is 5.97. The van der Waals surface area contributed by atoms with Gasteiger partial charge in [-0.25, -0.2) is 4.39 Å². The maximum atomic E-state index is 13.1. The highest BCUT2D eigenvalue weighted by atomic mass is 32.2. The molecule has 0 spiro atoms. The number of nitrogens with one attached hydrogen (secondary N) is 1. The molecule has 1 aromatic heterocycles. The van der Waals surface area contributed by atoms with Crippen molar-refractivity contribution in [3.8, 4) is 0 Å². The van der Waals surface area contributed by atoms with Gasteiger partial charge in [0, 0.05) is 29.2 Å². The Morgan fingerprint density at radius 2 is 1.84 bits per heavy atom. The molecule has 1 aliphatic heterocycles. The maximum absolute atomic E-state index is 13.1. The Labute approximate surface area is 146 Å². The van der Waals surface area contributed by atoms with Crippen LogP contribution in [0.3, 0.4) is 0 Å². The zero-order valence-electron chi connectivity index (χ0n) is 13.2. The Morgan fingerprint density at radius 3 is 2.52 bits per heavy atom. The van der Waals surface area contributed by atoms with E-state index in [0.717, 1.165) is 22.0 Å². The van der Waals surface area contributed by atoms with Gasteiger partial charge in [-0.15, -0.1) is 0 Å². The van der Waals surface area contributed by atoms with Crippen LogP contribution in [0.1, 0.15) is 16.4 Å². The molecule has 1 N–H and O–H groups in total. The summed E-state index contributed by atoms with van der Waals surface area (Å²) < 4.78 is 15.1. The van der Waals surface area contributed by atoms with Crippen LogP contribution < -0.4 is 5.32 Å². The number of benzene rings is 2. The molecule has 1 fully saturated rings. The molecule has 0 aliphatic carbocycles. The lowest BCUT2D eigenvalue weighted by atomic mass is 10.1. The molecule has 0 bridgehead atoms. The molecule has 2 atom stereocenters. The largest absolute Gasteiger partial charge is 0.343 e. The number of hydrogen-bond acceptors (Lipinski definition) is 2. The molecule has 2 heterocycles. The van der Waals surface area contributed by atoms with E-state index in [9.17, 15) is 14.0 Å². The van der Waals surface area contributed by atoms with Crippen molar-refractivity contribution in [1.29, 1.82) is 0 Å². The number of carbonyl (C=O) groups is 2. The van der Waals surface area contributed by atoms with E-state index in [0.29, 0.717) is 6.54 Å². The second-order valence-corrected chi connectivity index (χ2v) is 7.64. The van der Waals surface area contributed by atoms with Crippen molar-refractivity contribution in [2.75, 3.05) is 0 Å². The monoisotopic (exact) mass is 354 g/mol. The van der Waals surface area contributed by atoms with Crippen LogP contribution in [0.4, 0.5) is 9.18 Å². The predicted molar refractivity (Wildman–Crippen MR) is 98.4 cm³/mol. The standard InChI is InChI=1S/C19H15FN2O2S/c1-25-17(18(23)21-19(25)24)15-11-22(16-5-3-2-4-14(15)16)10-12-6-8-13(20)9-7-12/h2-9,11,17H,1,10H2,(H,21,23,24). The molecule has 1 aliphatic rings. The third kappa shape index (κ3) is 2.68. The van der Waals surface area contributed by atoms with Crippen molar-refractivity contribution < 1.29 is 14.0 Å². The van der Waals surface area contributed by atoms with E-state index < -0.39 is 15.7 Å². The van der Waals surface area contributed by atoms with Crippen molar-refractivity contribution in [2.24, 2.45) is 0 Å². The van der Waals surface area contributed by atoms with Crippen LogP contribution in [0.2, 0.25) is 0 Å². The average molecular weight is 354 g/mol. The summed E-state index contributed by atoms with van der Waals surface area (Å²) in [4.78, 5) is 24.0. The lowest BCUT2D eigenvalue weighted by Crippen LogP contribution is -2.20. The molecule has 3 aromatic rings. The summed E-state index contributed by atoms with van der Waals surface area (Å²) in [6.45, 7) is 0.550. The van der Waals surface area contributed by atoms with E-state index >= 15 is 0 Å². The van der Waals surface area contributed by atoms with Crippen molar-refractivity contribution in [2.45, 2.75) is 11.8 Å². The summed E-state index contributed by atoms with van der Waals surface area (Å²) in [5.74, 6) is 3.31. The van der Waals surface area contributed by atoms with Crippen molar-refractivity contribution in [1.82, 2.24) is 9.88 Å². The van der Waals surface area contributed by atoms with E-state index in [4.69, 9.17) is 0 Å². The number of aromatic nitrogens is 1. The fraction of sp³-hybridized carbons (Fsp3) is 0.105. The quantitative estimate of drug-likeness (QED) is 0.727. The van der Waals surface area contributed by atoms with Crippen molar-refractivity contribution in [3.05, 3.63) is 71.7 Å². The van der Waals surface area contributed by atoms with Crippen LogP contribution in [0, 0.1) is 5.82 Å². The minimum Gasteiger partial charge on any atom is -0.343 e. The summed E-state index contributed by atoms with van der Waals surface area (Å²) in [6, 6.07) is 14.1. The van der Waals surface area contributed by atoms with Gasteiger partial charge in [0.1, 0.15) is 11.1 Å². The first-order valence-corrected chi connectivity index (χ1v) is 9.20. The summed E-state index contributed by atoms with van der Waals surface area (Å²) in [5, 5.41) is 2.42. The van der Waals surface area contributed by atoms with Crippen LogP contribution in [-0.4, -0.2) is 21.6 Å². The lowest BCUT2D eigenvalue weighted by Gasteiger charge is -2.06. The number of nitrogens with zero attached hydrogens (tertiary/aromatic N) is 1. The molecule has 2 aromatic carbocycles. The minimum absolute atomic E-state index is 0.274. The second kappa shape index (κ2) is 5.97. The minimum atomic E-state index is -0.941. The molecule has 0 saturated carbocycles. The van der Waals surface area contributed by atoms with Crippen molar-refractivity contribution >= 4 is 38.4 Å². The first-order chi connectivity index (χ1) is 12.0.